The quantitative estimate of drug-likeness (QED) is 0.369. The van der Waals surface area contributed by atoms with Crippen molar-refractivity contribution in [2.45, 2.75) is 31.1 Å². The fourth-order valence-corrected chi connectivity index (χ4v) is 3.75. The highest BCUT2D eigenvalue weighted by molar-refractivity contribution is 7.90. The second-order valence-electron chi connectivity index (χ2n) is 6.64. The minimum absolute atomic E-state index is 0.00934. The lowest BCUT2D eigenvalue weighted by Crippen LogP contribution is -2.34. The van der Waals surface area contributed by atoms with Gasteiger partial charge in [-0.2, -0.15) is 0 Å². The predicted molar refractivity (Wildman–Crippen MR) is 122 cm³/mol. The van der Waals surface area contributed by atoms with Crippen LogP contribution >= 0.6 is 12.2 Å². The summed E-state index contributed by atoms with van der Waals surface area (Å²) in [6.07, 6.45) is 0.413. The minimum Gasteiger partial charge on any atom is -0.465 e. The topological polar surface area (TPSA) is 131 Å². The molecule has 0 heterocycles. The Morgan fingerprint density at radius 1 is 0.969 bits per heavy atom. The van der Waals surface area contributed by atoms with Crippen LogP contribution < -0.4 is 15.4 Å². The van der Waals surface area contributed by atoms with Gasteiger partial charge in [0.05, 0.1) is 17.9 Å². The molecule has 32 heavy (non-hydrogen) atoms. The number of anilines is 1. The zero-order valence-electron chi connectivity index (χ0n) is 17.3. The summed E-state index contributed by atoms with van der Waals surface area (Å²) < 4.78 is 30.8. The molecule has 2 aromatic rings. The van der Waals surface area contributed by atoms with E-state index in [0.29, 0.717) is 12.1 Å². The van der Waals surface area contributed by atoms with Crippen molar-refractivity contribution in [3.63, 3.8) is 0 Å². The Hall–Kier alpha value is -3.31. The lowest BCUT2D eigenvalue weighted by molar-refractivity contribution is -0.144. The van der Waals surface area contributed by atoms with E-state index in [1.165, 1.54) is 24.3 Å². The predicted octanol–water partition coefficient (Wildman–Crippen LogP) is 1.89. The van der Waals surface area contributed by atoms with Gasteiger partial charge in [-0.3, -0.25) is 14.4 Å². The smallest absolute Gasteiger partial charge is 0.306 e. The van der Waals surface area contributed by atoms with Crippen LogP contribution in [0.25, 0.3) is 0 Å². The number of carbonyl (C=O) groups is 3. The van der Waals surface area contributed by atoms with E-state index >= 15 is 0 Å². The van der Waals surface area contributed by atoms with Crippen LogP contribution in [0, 0.1) is 0 Å². The van der Waals surface area contributed by atoms with Gasteiger partial charge in [0.2, 0.25) is 11.8 Å². The molecule has 0 atom stereocenters. The Bertz CT molecular complexity index is 1070. The van der Waals surface area contributed by atoms with Crippen LogP contribution in [0.5, 0.6) is 0 Å². The maximum atomic E-state index is 12.0. The SMILES string of the molecule is CC(=O)NS(=O)(=O)c1ccc(NC(=S)NC(=O)CCC(=O)OCCc2ccccc2)cc1. The number of nitrogens with one attached hydrogen (secondary N) is 3. The van der Waals surface area contributed by atoms with Crippen molar-refractivity contribution in [1.82, 2.24) is 10.0 Å². The summed E-state index contributed by atoms with van der Waals surface area (Å²) in [5, 5.41) is 5.16. The minimum atomic E-state index is -3.94. The molecule has 3 N–H and O–H groups in total. The van der Waals surface area contributed by atoms with E-state index in [4.69, 9.17) is 17.0 Å². The molecular weight excluding hydrogens is 454 g/mol. The average molecular weight is 478 g/mol. The average Bonchev–Trinajstić information content (AvgIpc) is 2.72. The van der Waals surface area contributed by atoms with E-state index in [9.17, 15) is 22.8 Å². The Balaban J connectivity index is 1.71. The van der Waals surface area contributed by atoms with Crippen LogP contribution in [0.15, 0.2) is 59.5 Å². The Morgan fingerprint density at radius 3 is 2.25 bits per heavy atom. The van der Waals surface area contributed by atoms with E-state index in [2.05, 4.69) is 10.6 Å². The largest absolute Gasteiger partial charge is 0.465 e. The molecule has 2 aromatic carbocycles. The standard InChI is InChI=1S/C21H23N3O6S2/c1-15(25)24-32(28,29)18-9-7-17(8-10-18)22-21(31)23-19(26)11-12-20(27)30-14-13-16-5-3-2-4-6-16/h2-10H,11-14H2,1H3,(H,24,25)(H2,22,23,26,31). The number of ether oxygens (including phenoxy) is 1. The molecule has 0 saturated heterocycles. The van der Waals surface area contributed by atoms with Crippen molar-refractivity contribution >= 4 is 50.8 Å². The van der Waals surface area contributed by atoms with Crippen LogP contribution in [-0.2, 0) is 35.6 Å². The molecule has 0 aliphatic carbocycles. The van der Waals surface area contributed by atoms with Crippen molar-refractivity contribution in [2.24, 2.45) is 0 Å². The first kappa shape index (κ1) is 25.0. The number of rotatable bonds is 9. The van der Waals surface area contributed by atoms with Gasteiger partial charge in [-0.1, -0.05) is 30.3 Å². The van der Waals surface area contributed by atoms with Crippen LogP contribution in [-0.4, -0.2) is 37.9 Å². The molecule has 2 rings (SSSR count). The van der Waals surface area contributed by atoms with E-state index in [-0.39, 0.29) is 29.5 Å². The number of benzene rings is 2. The molecule has 0 aromatic heterocycles. The maximum absolute atomic E-state index is 12.0. The molecule has 170 valence electrons. The third-order valence-corrected chi connectivity index (χ3v) is 5.66. The highest BCUT2D eigenvalue weighted by atomic mass is 32.2. The van der Waals surface area contributed by atoms with Gasteiger partial charge in [-0.05, 0) is 42.0 Å². The third kappa shape index (κ3) is 8.82. The molecule has 0 aliphatic heterocycles. The van der Waals surface area contributed by atoms with Gasteiger partial charge in [0.15, 0.2) is 5.11 Å². The molecule has 0 aliphatic rings. The first-order valence-corrected chi connectivity index (χ1v) is 11.5. The number of thiocarbonyl (C=S) groups is 1. The molecule has 9 nitrogen and oxygen atoms in total. The summed E-state index contributed by atoms with van der Waals surface area (Å²) in [6.45, 7) is 1.33. The number of amides is 2. The summed E-state index contributed by atoms with van der Waals surface area (Å²) in [6, 6.07) is 15.0. The lowest BCUT2D eigenvalue weighted by Gasteiger charge is -2.10. The van der Waals surface area contributed by atoms with E-state index < -0.39 is 27.8 Å². The number of esters is 1. The van der Waals surface area contributed by atoms with Crippen LogP contribution in [0.2, 0.25) is 0 Å². The molecule has 0 saturated carbocycles. The molecule has 0 bridgehead atoms. The molecule has 11 heteroatoms. The van der Waals surface area contributed by atoms with Gasteiger partial charge in [0, 0.05) is 25.5 Å². The lowest BCUT2D eigenvalue weighted by atomic mass is 10.2. The highest BCUT2D eigenvalue weighted by Gasteiger charge is 2.15. The van der Waals surface area contributed by atoms with Crippen molar-refractivity contribution in [3.8, 4) is 0 Å². The zero-order valence-corrected chi connectivity index (χ0v) is 18.9. The number of hydrogen-bond donors (Lipinski definition) is 3. The van der Waals surface area contributed by atoms with Crippen LogP contribution in [0.3, 0.4) is 0 Å². The van der Waals surface area contributed by atoms with Crippen molar-refractivity contribution < 1.29 is 27.5 Å². The van der Waals surface area contributed by atoms with Crippen LogP contribution in [0.1, 0.15) is 25.3 Å². The van der Waals surface area contributed by atoms with Gasteiger partial charge >= 0.3 is 5.97 Å². The molecule has 0 unspecified atom stereocenters. The monoisotopic (exact) mass is 477 g/mol. The molecule has 0 fully saturated rings. The second-order valence-corrected chi connectivity index (χ2v) is 8.74. The third-order valence-electron chi connectivity index (χ3n) is 4.01. The van der Waals surface area contributed by atoms with Gasteiger partial charge in [0.25, 0.3) is 10.0 Å². The highest BCUT2D eigenvalue weighted by Crippen LogP contribution is 2.14. The van der Waals surface area contributed by atoms with Crippen LogP contribution in [0.4, 0.5) is 5.69 Å². The molecule has 0 spiro atoms. The summed E-state index contributed by atoms with van der Waals surface area (Å²) in [4.78, 5) is 34.6. The van der Waals surface area contributed by atoms with E-state index in [1.54, 1.807) is 0 Å². The van der Waals surface area contributed by atoms with E-state index in [1.807, 2.05) is 35.1 Å². The van der Waals surface area contributed by atoms with Gasteiger partial charge in [-0.15, -0.1) is 0 Å². The summed E-state index contributed by atoms with van der Waals surface area (Å²) in [7, 11) is -3.94. The Labute approximate surface area is 191 Å². The number of carbonyl (C=O) groups excluding carboxylic acids is 3. The molecular formula is C21H23N3O6S2. The Kier molecular flexibility index (Phi) is 9.29. The zero-order chi connectivity index (χ0) is 23.6. The molecule has 0 radical (unpaired) electrons. The first-order chi connectivity index (χ1) is 15.2. The fraction of sp³-hybridized carbons (Fsp3) is 0.238. The Morgan fingerprint density at radius 2 is 1.62 bits per heavy atom. The van der Waals surface area contributed by atoms with Gasteiger partial charge < -0.3 is 15.4 Å². The van der Waals surface area contributed by atoms with Gasteiger partial charge in [-0.25, -0.2) is 13.1 Å². The second kappa shape index (κ2) is 11.9. The first-order valence-electron chi connectivity index (χ1n) is 9.59. The van der Waals surface area contributed by atoms with Crippen molar-refractivity contribution in [2.75, 3.05) is 11.9 Å². The molecule has 2 amide bonds. The number of sulfonamides is 1. The van der Waals surface area contributed by atoms with Crippen molar-refractivity contribution in [3.05, 3.63) is 60.2 Å². The van der Waals surface area contributed by atoms with Crippen molar-refractivity contribution in [1.29, 1.82) is 0 Å². The number of hydrogen-bond acceptors (Lipinski definition) is 7. The van der Waals surface area contributed by atoms with E-state index in [0.717, 1.165) is 12.5 Å². The maximum Gasteiger partial charge on any atom is 0.306 e. The summed E-state index contributed by atoms with van der Waals surface area (Å²) in [5.41, 5.74) is 1.48. The summed E-state index contributed by atoms with van der Waals surface area (Å²) in [5.74, 6) is -1.64. The fourth-order valence-electron chi connectivity index (χ4n) is 2.53. The van der Waals surface area contributed by atoms with Gasteiger partial charge in [0.1, 0.15) is 0 Å². The normalized spacial score (nSPS) is 10.7. The summed E-state index contributed by atoms with van der Waals surface area (Å²) >= 11 is 5.05.